The fourth-order valence-corrected chi connectivity index (χ4v) is 3.01. The van der Waals surface area contributed by atoms with Gasteiger partial charge in [-0.2, -0.15) is 0 Å². The summed E-state index contributed by atoms with van der Waals surface area (Å²) in [5, 5.41) is 0. The third-order valence-electron chi connectivity index (χ3n) is 3.23. The monoisotopic (exact) mass is 270 g/mol. The van der Waals surface area contributed by atoms with Gasteiger partial charge in [-0.3, -0.25) is 0 Å². The Morgan fingerprint density at radius 2 is 2.41 bits per heavy atom. The Hall–Kier alpha value is -0.520. The molecule has 17 heavy (non-hydrogen) atoms. The third kappa shape index (κ3) is 3.72. The largest absolute Gasteiger partial charge is 0.393 e. The minimum absolute atomic E-state index is 0.272. The number of hydrogen-bond donors (Lipinski definition) is 1. The Kier molecular flexibility index (Phi) is 4.12. The third-order valence-corrected chi connectivity index (χ3v) is 4.37. The van der Waals surface area contributed by atoms with Crippen molar-refractivity contribution in [3.05, 3.63) is 16.1 Å². The molecule has 0 unspecified atom stereocenters. The van der Waals surface area contributed by atoms with E-state index in [0.29, 0.717) is 4.99 Å². The molecule has 2 rings (SSSR count). The first-order valence-electron chi connectivity index (χ1n) is 5.86. The molecule has 3 nitrogen and oxygen atoms in total. The summed E-state index contributed by atoms with van der Waals surface area (Å²) >= 11 is 6.66. The fraction of sp³-hybridized carbons (Fsp3) is 0.667. The molecule has 0 radical (unpaired) electrons. The molecule has 5 heteroatoms. The Labute approximate surface area is 111 Å². The minimum atomic E-state index is 0.272. The van der Waals surface area contributed by atoms with Gasteiger partial charge in [0.25, 0.3) is 0 Å². The molecule has 0 amide bonds. The maximum absolute atomic E-state index is 5.75. The van der Waals surface area contributed by atoms with Gasteiger partial charge in [0.05, 0.1) is 29.4 Å². The van der Waals surface area contributed by atoms with Crippen LogP contribution >= 0.6 is 23.6 Å². The summed E-state index contributed by atoms with van der Waals surface area (Å²) in [4.78, 5) is 6.16. The van der Waals surface area contributed by atoms with Crippen molar-refractivity contribution in [3.63, 3.8) is 0 Å². The Balaban J connectivity index is 1.67. The Morgan fingerprint density at radius 3 is 2.94 bits per heavy atom. The summed E-state index contributed by atoms with van der Waals surface area (Å²) in [6.45, 7) is 3.60. The molecular formula is C12H18N2OS2. The van der Waals surface area contributed by atoms with Crippen molar-refractivity contribution >= 4 is 28.5 Å². The van der Waals surface area contributed by atoms with E-state index in [9.17, 15) is 0 Å². The summed E-state index contributed by atoms with van der Waals surface area (Å²) in [6, 6.07) is 0. The van der Waals surface area contributed by atoms with Crippen molar-refractivity contribution in [1.29, 1.82) is 0 Å². The van der Waals surface area contributed by atoms with Crippen molar-refractivity contribution in [1.82, 2.24) is 4.98 Å². The lowest BCUT2D eigenvalue weighted by Crippen LogP contribution is -2.20. The quantitative estimate of drug-likeness (QED) is 0.611. The van der Waals surface area contributed by atoms with Gasteiger partial charge in [-0.15, -0.1) is 11.3 Å². The SMILES string of the molecule is Cc1ncsc1CCOCC1(CC(N)=S)CC1. The average molecular weight is 270 g/mol. The molecule has 1 aliphatic rings. The van der Waals surface area contributed by atoms with Gasteiger partial charge in [-0.25, -0.2) is 4.98 Å². The van der Waals surface area contributed by atoms with E-state index >= 15 is 0 Å². The number of thiocarbonyl (C=S) groups is 1. The molecule has 0 aliphatic heterocycles. The molecule has 1 aliphatic carbocycles. The number of hydrogen-bond acceptors (Lipinski definition) is 4. The molecule has 94 valence electrons. The van der Waals surface area contributed by atoms with E-state index in [1.807, 2.05) is 12.4 Å². The van der Waals surface area contributed by atoms with Gasteiger partial charge in [-0.1, -0.05) is 12.2 Å². The van der Waals surface area contributed by atoms with Gasteiger partial charge in [0.2, 0.25) is 0 Å². The number of aromatic nitrogens is 1. The van der Waals surface area contributed by atoms with Crippen molar-refractivity contribution in [2.45, 2.75) is 32.6 Å². The average Bonchev–Trinajstić information content (AvgIpc) is 2.88. The second kappa shape index (κ2) is 5.42. The predicted molar refractivity (Wildman–Crippen MR) is 74.4 cm³/mol. The summed E-state index contributed by atoms with van der Waals surface area (Å²) in [5.41, 5.74) is 8.88. The molecule has 1 heterocycles. The molecular weight excluding hydrogens is 252 g/mol. The lowest BCUT2D eigenvalue weighted by molar-refractivity contribution is 0.0953. The number of rotatable bonds is 7. The Morgan fingerprint density at radius 1 is 1.65 bits per heavy atom. The van der Waals surface area contributed by atoms with Crippen LogP contribution in [-0.4, -0.2) is 23.2 Å². The second-order valence-corrected chi connectivity index (χ2v) is 6.27. The highest BCUT2D eigenvalue weighted by Crippen LogP contribution is 2.48. The summed E-state index contributed by atoms with van der Waals surface area (Å²) in [6.07, 6.45) is 4.19. The number of ether oxygens (including phenoxy) is 1. The highest BCUT2D eigenvalue weighted by molar-refractivity contribution is 7.80. The van der Waals surface area contributed by atoms with Crippen LogP contribution in [0, 0.1) is 12.3 Å². The van der Waals surface area contributed by atoms with E-state index in [4.69, 9.17) is 22.7 Å². The van der Waals surface area contributed by atoms with Crippen LogP contribution in [0.4, 0.5) is 0 Å². The van der Waals surface area contributed by atoms with Gasteiger partial charge in [0.1, 0.15) is 0 Å². The zero-order valence-corrected chi connectivity index (χ0v) is 11.7. The van der Waals surface area contributed by atoms with Gasteiger partial charge >= 0.3 is 0 Å². The summed E-state index contributed by atoms with van der Waals surface area (Å²) in [5.74, 6) is 0. The molecule has 0 aromatic carbocycles. The van der Waals surface area contributed by atoms with Crippen LogP contribution in [0.2, 0.25) is 0 Å². The zero-order valence-electron chi connectivity index (χ0n) is 10.1. The van der Waals surface area contributed by atoms with Gasteiger partial charge in [0, 0.05) is 23.1 Å². The summed E-state index contributed by atoms with van der Waals surface area (Å²) in [7, 11) is 0. The zero-order chi connectivity index (χ0) is 12.3. The maximum atomic E-state index is 5.75. The minimum Gasteiger partial charge on any atom is -0.393 e. The smallest absolute Gasteiger partial charge is 0.0797 e. The van der Waals surface area contributed by atoms with Crippen molar-refractivity contribution < 1.29 is 4.74 Å². The van der Waals surface area contributed by atoms with E-state index in [2.05, 4.69) is 4.98 Å². The predicted octanol–water partition coefficient (Wildman–Crippen LogP) is 2.47. The molecule has 0 bridgehead atoms. The van der Waals surface area contributed by atoms with Crippen molar-refractivity contribution in [2.24, 2.45) is 11.1 Å². The normalized spacial score (nSPS) is 17.0. The first kappa shape index (κ1) is 12.9. The standard InChI is InChI=1S/C12H18N2OS2/c1-9-10(17-8-14-9)2-5-15-7-12(3-4-12)6-11(13)16/h8H,2-7H2,1H3,(H2,13,16). The van der Waals surface area contributed by atoms with E-state index in [1.165, 1.54) is 17.7 Å². The van der Waals surface area contributed by atoms with E-state index in [0.717, 1.165) is 31.7 Å². The molecule has 0 atom stereocenters. The van der Waals surface area contributed by atoms with Crippen LogP contribution in [0.3, 0.4) is 0 Å². The first-order valence-corrected chi connectivity index (χ1v) is 7.15. The number of aryl methyl sites for hydroxylation is 1. The van der Waals surface area contributed by atoms with Crippen LogP contribution in [-0.2, 0) is 11.2 Å². The van der Waals surface area contributed by atoms with Gasteiger partial charge in [0.15, 0.2) is 0 Å². The molecule has 1 aromatic rings. The topological polar surface area (TPSA) is 48.1 Å². The maximum Gasteiger partial charge on any atom is 0.0797 e. The van der Waals surface area contributed by atoms with E-state index < -0.39 is 0 Å². The molecule has 0 spiro atoms. The highest BCUT2D eigenvalue weighted by Gasteiger charge is 2.43. The van der Waals surface area contributed by atoms with Gasteiger partial charge < -0.3 is 10.5 Å². The Bertz CT molecular complexity index is 399. The van der Waals surface area contributed by atoms with Crippen LogP contribution in [0.5, 0.6) is 0 Å². The van der Waals surface area contributed by atoms with Crippen molar-refractivity contribution in [2.75, 3.05) is 13.2 Å². The van der Waals surface area contributed by atoms with Crippen LogP contribution in [0.25, 0.3) is 0 Å². The summed E-state index contributed by atoms with van der Waals surface area (Å²) < 4.78 is 5.75. The second-order valence-electron chi connectivity index (χ2n) is 4.81. The first-order chi connectivity index (χ1) is 8.11. The van der Waals surface area contributed by atoms with E-state index in [1.54, 1.807) is 11.3 Å². The highest BCUT2D eigenvalue weighted by atomic mass is 32.1. The number of nitrogens with zero attached hydrogens (tertiary/aromatic N) is 1. The molecule has 0 saturated heterocycles. The lowest BCUT2D eigenvalue weighted by Gasteiger charge is -2.14. The molecule has 1 saturated carbocycles. The molecule has 1 fully saturated rings. The van der Waals surface area contributed by atoms with E-state index in [-0.39, 0.29) is 5.41 Å². The van der Waals surface area contributed by atoms with Crippen LogP contribution < -0.4 is 5.73 Å². The molecule has 1 aromatic heterocycles. The lowest BCUT2D eigenvalue weighted by atomic mass is 10.0. The van der Waals surface area contributed by atoms with Crippen LogP contribution in [0.15, 0.2) is 5.51 Å². The van der Waals surface area contributed by atoms with Crippen molar-refractivity contribution in [3.8, 4) is 0 Å². The van der Waals surface area contributed by atoms with Crippen LogP contribution in [0.1, 0.15) is 29.8 Å². The van der Waals surface area contributed by atoms with Gasteiger partial charge in [-0.05, 0) is 19.8 Å². The number of thiazole rings is 1. The molecule has 2 N–H and O–H groups in total. The fourth-order valence-electron chi connectivity index (χ4n) is 1.94. The number of nitrogens with two attached hydrogens (primary N) is 1.